The van der Waals surface area contributed by atoms with Gasteiger partial charge >= 0.3 is 0 Å². The van der Waals surface area contributed by atoms with Gasteiger partial charge < -0.3 is 33.9 Å². The SMILES string of the molecule is c1ccc(-c2ccc(-c3nc(-c4ccccc4)nc(-c4cccc5oc6c7c(ccc6c45)-c4ccc(-c5cccc(C6=NC(c8ccc9ccccc9c8)=NC(c8cccc9oc%10c%11c(ccc%10c89)-c8ccc(-c9cccc%10cc(C%12=NC(c%13ccc%14ccccc%14c%13)=NC(c%13cccc%14oc%15c%16c(ccc%15c%13%14)-c%13cccc%14cccc-%16c%13%14)[N-]%12)ccc9%10)c9cccc-%11c89)[N-]6)c5)c5cccc-7c45)n3)cc2)cc1. The van der Waals surface area contributed by atoms with Crippen LogP contribution < -0.4 is 0 Å². The van der Waals surface area contributed by atoms with E-state index < -0.39 is 12.3 Å². The molecule has 0 amide bonds. The zero-order valence-electron chi connectivity index (χ0n) is 75.2. The molecule has 2 unspecified atom stereocenters. The average molecular weight is 1800 g/mol. The van der Waals surface area contributed by atoms with Crippen molar-refractivity contribution in [2.75, 3.05) is 0 Å². The molecule has 31 rings (SSSR count). The van der Waals surface area contributed by atoms with Gasteiger partial charge in [-0.05, 0) is 242 Å². The Morgan fingerprint density at radius 1 is 0.191 bits per heavy atom. The van der Waals surface area contributed by atoms with Crippen LogP contribution in [0.4, 0.5) is 0 Å². The number of nitrogens with zero attached hydrogens (tertiary/aromatic N) is 9. The van der Waals surface area contributed by atoms with E-state index in [2.05, 4.69) is 376 Å². The predicted molar refractivity (Wildman–Crippen MR) is 577 cm³/mol. The van der Waals surface area contributed by atoms with Crippen molar-refractivity contribution in [1.82, 2.24) is 15.0 Å². The van der Waals surface area contributed by atoms with Gasteiger partial charge in [0.05, 0.1) is 24.0 Å². The highest BCUT2D eigenvalue weighted by Gasteiger charge is 2.34. The number of amidine groups is 4. The third kappa shape index (κ3) is 11.7. The molecule has 6 heterocycles. The monoisotopic (exact) mass is 1790 g/mol. The molecule has 0 bridgehead atoms. The molecule has 0 fully saturated rings. The molecule has 2 atom stereocenters. The number of fused-ring (bicyclic) bond motifs is 24. The topological polar surface area (TPSA) is 156 Å². The summed E-state index contributed by atoms with van der Waals surface area (Å²) in [5.74, 6) is 4.13. The molecule has 0 radical (unpaired) electrons. The van der Waals surface area contributed by atoms with Crippen LogP contribution in [0.25, 0.3) is 275 Å². The zero-order chi connectivity index (χ0) is 91.9. The fourth-order valence-electron chi connectivity index (χ4n) is 23.4. The summed E-state index contributed by atoms with van der Waals surface area (Å²) in [5.41, 5.74) is 33.1. The Balaban J connectivity index is 0.477. The first-order valence-electron chi connectivity index (χ1n) is 47.8. The van der Waals surface area contributed by atoms with E-state index in [0.29, 0.717) is 40.8 Å². The van der Waals surface area contributed by atoms with Crippen molar-refractivity contribution >= 4 is 154 Å². The molecule has 652 valence electrons. The highest BCUT2D eigenvalue weighted by molar-refractivity contribution is 6.31. The Bertz CT molecular complexity index is 10200. The summed E-state index contributed by atoms with van der Waals surface area (Å²) in [7, 11) is 0. The standard InChI is InChI=1S/C129H71N9O3/c1-3-20-70(21-4-1)73-46-50-76(51-47-73)122-130-121(75-24-5-2-6-25-75)133-127(134-122)103-40-17-44-107-113(103)101-64-61-95-92-58-56-86(89-35-15-38-98(110(89)92)116(95)119(101)140-107)80-30-11-32-81(68-80)123-131-124(82-52-48-71-22-7-9-26-77(71)66-82)136-128(135-123)104-41-18-45-108-114(104)102-65-62-96-93-59-57-88(90-36-16-39-99(111(90)93)117(96)120(102)141-108)87-33-14-31-79-69-84(54-55-85(79)87)126-132-125(83-53-49-72-23-8-10-27-78(72)67-83)137-129(138-126)105-42-19-43-106-112(105)100-63-60-94-91-34-12-28-74-29-13-37-97(109(74)91)115(94)118(100)139-106/h1-69,128-129H/q-2. The normalized spacial score (nSPS) is 14.4. The van der Waals surface area contributed by atoms with Gasteiger partial charge in [0, 0.05) is 65.7 Å². The van der Waals surface area contributed by atoms with Crippen molar-refractivity contribution in [2.24, 2.45) is 20.0 Å². The Kier molecular flexibility index (Phi) is 16.4. The van der Waals surface area contributed by atoms with E-state index in [0.717, 1.165) is 242 Å². The summed E-state index contributed by atoms with van der Waals surface area (Å²) in [6.45, 7) is 0. The number of aromatic nitrogens is 3. The molecule has 12 nitrogen and oxygen atoms in total. The van der Waals surface area contributed by atoms with Crippen LogP contribution in [0.1, 0.15) is 45.7 Å². The van der Waals surface area contributed by atoms with Crippen molar-refractivity contribution < 1.29 is 13.3 Å². The van der Waals surface area contributed by atoms with Crippen LogP contribution >= 0.6 is 0 Å². The smallest absolute Gasteiger partial charge is 0.164 e. The number of hydrogen-bond donors (Lipinski definition) is 0. The maximum atomic E-state index is 7.32. The molecule has 3 aliphatic carbocycles. The maximum absolute atomic E-state index is 7.32. The Hall–Kier alpha value is -18.9. The minimum Gasteiger partial charge on any atom is -0.455 e. The molecule has 12 heteroatoms. The van der Waals surface area contributed by atoms with Crippen LogP contribution in [0.5, 0.6) is 0 Å². The molecular formula is C129H71N9O3-2. The van der Waals surface area contributed by atoms with Gasteiger partial charge in [-0.2, -0.15) is 0 Å². The van der Waals surface area contributed by atoms with Crippen LogP contribution in [0.3, 0.4) is 0 Å². The molecule has 141 heavy (non-hydrogen) atoms. The van der Waals surface area contributed by atoms with Gasteiger partial charge in [0.1, 0.15) is 33.5 Å². The molecule has 4 aromatic heterocycles. The van der Waals surface area contributed by atoms with Crippen LogP contribution in [0, 0.1) is 0 Å². The molecule has 0 saturated carbocycles. The van der Waals surface area contributed by atoms with Crippen molar-refractivity contribution in [3.05, 3.63) is 463 Å². The molecule has 0 saturated heterocycles. The Labute approximate surface area is 805 Å². The minimum atomic E-state index is -0.711. The highest BCUT2D eigenvalue weighted by atomic mass is 16.3. The summed E-state index contributed by atoms with van der Waals surface area (Å²) in [6.07, 6.45) is -1.35. The number of benzene rings is 22. The quantitative estimate of drug-likeness (QED) is 0.119. The first-order chi connectivity index (χ1) is 69.8. The van der Waals surface area contributed by atoms with E-state index in [1.54, 1.807) is 0 Å². The van der Waals surface area contributed by atoms with Gasteiger partial charge in [0.2, 0.25) is 0 Å². The molecule has 0 spiro atoms. The number of hydrogen-bond acceptors (Lipinski definition) is 10. The molecule has 5 aliphatic rings. The Morgan fingerprint density at radius 2 is 0.553 bits per heavy atom. The highest BCUT2D eigenvalue weighted by Crippen LogP contribution is 2.59. The van der Waals surface area contributed by atoms with Crippen molar-refractivity contribution in [3.8, 4) is 134 Å². The van der Waals surface area contributed by atoms with Gasteiger partial charge in [0.25, 0.3) is 0 Å². The Morgan fingerprint density at radius 3 is 1.14 bits per heavy atom. The second kappa shape index (κ2) is 29.8. The third-order valence-corrected chi connectivity index (χ3v) is 29.7. The second-order valence-electron chi connectivity index (χ2n) is 37.4. The largest absolute Gasteiger partial charge is 0.455 e. The first-order valence-corrected chi connectivity index (χ1v) is 47.8. The lowest BCUT2D eigenvalue weighted by atomic mass is 9.91. The molecular weight excluding hydrogens is 1720 g/mol. The lowest BCUT2D eigenvalue weighted by molar-refractivity contribution is 0.669. The van der Waals surface area contributed by atoms with E-state index in [-0.39, 0.29) is 0 Å². The summed E-state index contributed by atoms with van der Waals surface area (Å²) < 4.78 is 21.5. The summed E-state index contributed by atoms with van der Waals surface area (Å²) in [5, 5.41) is 30.9. The van der Waals surface area contributed by atoms with E-state index in [1.807, 2.05) is 42.5 Å². The van der Waals surface area contributed by atoms with Crippen LogP contribution in [-0.4, -0.2) is 38.3 Å². The van der Waals surface area contributed by atoms with Gasteiger partial charge in [-0.3, -0.25) is 9.98 Å². The zero-order valence-corrected chi connectivity index (χ0v) is 75.2. The molecule has 2 aliphatic heterocycles. The number of aliphatic imine (C=N–C) groups is 4. The molecule has 0 N–H and O–H groups in total. The van der Waals surface area contributed by atoms with Gasteiger partial charge in [-0.25, -0.2) is 15.0 Å². The van der Waals surface area contributed by atoms with Gasteiger partial charge in [-0.15, -0.1) is 0 Å². The van der Waals surface area contributed by atoms with Crippen LogP contribution in [0.2, 0.25) is 0 Å². The van der Waals surface area contributed by atoms with Gasteiger partial charge in [0.15, 0.2) is 17.5 Å². The van der Waals surface area contributed by atoms with Crippen molar-refractivity contribution in [2.45, 2.75) is 12.3 Å². The predicted octanol–water partition coefficient (Wildman–Crippen LogP) is 34.0. The molecule has 26 aromatic rings. The fraction of sp³-hybridized carbons (Fsp3) is 0.0155. The number of furan rings is 3. The van der Waals surface area contributed by atoms with E-state index in [9.17, 15) is 0 Å². The van der Waals surface area contributed by atoms with Crippen molar-refractivity contribution in [3.63, 3.8) is 0 Å². The van der Waals surface area contributed by atoms with E-state index in [4.69, 9.17) is 58.8 Å². The van der Waals surface area contributed by atoms with Crippen molar-refractivity contribution in [1.29, 1.82) is 0 Å². The molecule has 22 aromatic carbocycles. The average Bonchev–Trinajstić information content (AvgIpc) is 1.56. The lowest BCUT2D eigenvalue weighted by Crippen LogP contribution is -2.16. The second-order valence-corrected chi connectivity index (χ2v) is 37.4. The van der Waals surface area contributed by atoms with E-state index >= 15 is 0 Å². The first kappa shape index (κ1) is 77.4. The summed E-state index contributed by atoms with van der Waals surface area (Å²) in [4.78, 5) is 37.6. The van der Waals surface area contributed by atoms with Gasteiger partial charge in [-0.1, -0.05) is 370 Å². The fourth-order valence-corrected chi connectivity index (χ4v) is 23.4. The maximum Gasteiger partial charge on any atom is 0.164 e. The summed E-state index contributed by atoms with van der Waals surface area (Å²) in [6, 6.07) is 149. The van der Waals surface area contributed by atoms with Crippen LogP contribution in [-0.2, 0) is 0 Å². The minimum absolute atomic E-state index is 0.562. The van der Waals surface area contributed by atoms with E-state index in [1.165, 1.54) is 38.2 Å². The lowest BCUT2D eigenvalue weighted by Gasteiger charge is -2.33. The third-order valence-electron chi connectivity index (χ3n) is 29.7. The number of rotatable bonds is 12. The summed E-state index contributed by atoms with van der Waals surface area (Å²) >= 11 is 0. The van der Waals surface area contributed by atoms with Crippen LogP contribution in [0.15, 0.2) is 452 Å².